The van der Waals surface area contributed by atoms with Gasteiger partial charge in [-0.2, -0.15) is 13.2 Å². The van der Waals surface area contributed by atoms with E-state index in [0.717, 1.165) is 0 Å². The van der Waals surface area contributed by atoms with Gasteiger partial charge in [0.05, 0.1) is 0 Å². The number of alkyl halides is 3. The third kappa shape index (κ3) is 4.16. The maximum Gasteiger partial charge on any atom is 0.422 e. The SMILES string of the molecule is Cc1cc(CN)cc(OCC(F)(F)F)n1. The molecule has 0 amide bonds. The molecule has 1 aromatic rings. The molecule has 1 heterocycles. The first-order valence-electron chi connectivity index (χ1n) is 4.28. The zero-order valence-electron chi connectivity index (χ0n) is 8.14. The van der Waals surface area contributed by atoms with Gasteiger partial charge in [-0.3, -0.25) is 0 Å². The average molecular weight is 220 g/mol. The third-order valence-corrected chi connectivity index (χ3v) is 1.61. The Labute approximate surface area is 85.1 Å². The third-order valence-electron chi connectivity index (χ3n) is 1.61. The van der Waals surface area contributed by atoms with Crippen molar-refractivity contribution in [3.05, 3.63) is 23.4 Å². The van der Waals surface area contributed by atoms with Gasteiger partial charge in [-0.25, -0.2) is 4.98 Å². The second-order valence-corrected chi connectivity index (χ2v) is 3.06. The molecule has 0 unspecified atom stereocenters. The Hall–Kier alpha value is -1.30. The van der Waals surface area contributed by atoms with Crippen molar-refractivity contribution in [2.45, 2.75) is 19.6 Å². The molecule has 0 saturated heterocycles. The van der Waals surface area contributed by atoms with Crippen LogP contribution in [0.1, 0.15) is 11.3 Å². The van der Waals surface area contributed by atoms with E-state index in [9.17, 15) is 13.2 Å². The van der Waals surface area contributed by atoms with Crippen LogP contribution in [0.3, 0.4) is 0 Å². The van der Waals surface area contributed by atoms with E-state index in [1.807, 2.05) is 0 Å². The maximum atomic E-state index is 11.8. The quantitative estimate of drug-likeness (QED) is 0.844. The largest absolute Gasteiger partial charge is 0.468 e. The number of hydrogen-bond donors (Lipinski definition) is 1. The van der Waals surface area contributed by atoms with Gasteiger partial charge < -0.3 is 10.5 Å². The summed E-state index contributed by atoms with van der Waals surface area (Å²) in [6.07, 6.45) is -4.35. The van der Waals surface area contributed by atoms with Crippen molar-refractivity contribution in [2.24, 2.45) is 5.73 Å². The van der Waals surface area contributed by atoms with Crippen molar-refractivity contribution in [3.8, 4) is 5.88 Å². The van der Waals surface area contributed by atoms with Crippen molar-refractivity contribution in [1.29, 1.82) is 0 Å². The van der Waals surface area contributed by atoms with Crippen LogP contribution in [0.25, 0.3) is 0 Å². The van der Waals surface area contributed by atoms with Crippen molar-refractivity contribution in [2.75, 3.05) is 6.61 Å². The summed E-state index contributed by atoms with van der Waals surface area (Å²) < 4.78 is 40.0. The number of halogens is 3. The lowest BCUT2D eigenvalue weighted by Crippen LogP contribution is -2.19. The molecule has 0 aliphatic carbocycles. The molecule has 84 valence electrons. The zero-order chi connectivity index (χ0) is 11.5. The van der Waals surface area contributed by atoms with E-state index in [1.165, 1.54) is 6.07 Å². The molecular formula is C9H11F3N2O. The normalized spacial score (nSPS) is 11.5. The van der Waals surface area contributed by atoms with E-state index >= 15 is 0 Å². The molecule has 0 aliphatic rings. The lowest BCUT2D eigenvalue weighted by atomic mass is 10.2. The molecule has 6 heteroatoms. The number of nitrogens with zero attached hydrogens (tertiary/aromatic N) is 1. The van der Waals surface area contributed by atoms with E-state index in [2.05, 4.69) is 9.72 Å². The highest BCUT2D eigenvalue weighted by Gasteiger charge is 2.28. The minimum absolute atomic E-state index is 0.0484. The molecule has 2 N–H and O–H groups in total. The van der Waals surface area contributed by atoms with E-state index in [1.54, 1.807) is 13.0 Å². The van der Waals surface area contributed by atoms with E-state index in [0.29, 0.717) is 11.3 Å². The zero-order valence-corrected chi connectivity index (χ0v) is 8.14. The van der Waals surface area contributed by atoms with Crippen molar-refractivity contribution < 1.29 is 17.9 Å². The second-order valence-electron chi connectivity index (χ2n) is 3.06. The van der Waals surface area contributed by atoms with Crippen LogP contribution >= 0.6 is 0 Å². The van der Waals surface area contributed by atoms with Gasteiger partial charge in [-0.1, -0.05) is 0 Å². The van der Waals surface area contributed by atoms with E-state index < -0.39 is 12.8 Å². The Bertz CT molecular complexity index is 339. The molecule has 1 rings (SSSR count). The summed E-state index contributed by atoms with van der Waals surface area (Å²) in [5, 5.41) is 0. The predicted octanol–water partition coefficient (Wildman–Crippen LogP) is 1.79. The Morgan fingerprint density at radius 1 is 1.40 bits per heavy atom. The van der Waals surface area contributed by atoms with Crippen LogP contribution in [0.15, 0.2) is 12.1 Å². The standard InChI is InChI=1S/C9H11F3N2O/c1-6-2-7(4-13)3-8(14-6)15-5-9(10,11)12/h2-3H,4-5,13H2,1H3. The molecule has 0 saturated carbocycles. The van der Waals surface area contributed by atoms with Crippen molar-refractivity contribution in [3.63, 3.8) is 0 Å². The predicted molar refractivity (Wildman–Crippen MR) is 48.4 cm³/mol. The van der Waals surface area contributed by atoms with Crippen molar-refractivity contribution >= 4 is 0 Å². The Kier molecular flexibility index (Phi) is 3.52. The van der Waals surface area contributed by atoms with Gasteiger partial charge in [0.1, 0.15) is 0 Å². The molecule has 0 radical (unpaired) electrons. The summed E-state index contributed by atoms with van der Waals surface area (Å²) in [4.78, 5) is 3.81. The van der Waals surface area contributed by atoms with Crippen LogP contribution in [0.2, 0.25) is 0 Å². The van der Waals surface area contributed by atoms with Gasteiger partial charge in [0.2, 0.25) is 5.88 Å². The monoisotopic (exact) mass is 220 g/mol. The maximum absolute atomic E-state index is 11.8. The number of pyridine rings is 1. The fourth-order valence-corrected chi connectivity index (χ4v) is 1.05. The van der Waals surface area contributed by atoms with Gasteiger partial charge in [0.25, 0.3) is 0 Å². The fourth-order valence-electron chi connectivity index (χ4n) is 1.05. The highest BCUT2D eigenvalue weighted by Crippen LogP contribution is 2.18. The molecule has 0 atom stereocenters. The topological polar surface area (TPSA) is 48.1 Å². The van der Waals surface area contributed by atoms with Crippen LogP contribution in [0.4, 0.5) is 13.2 Å². The Morgan fingerprint density at radius 2 is 2.07 bits per heavy atom. The number of hydrogen-bond acceptors (Lipinski definition) is 3. The van der Waals surface area contributed by atoms with Gasteiger partial charge in [0.15, 0.2) is 6.61 Å². The van der Waals surface area contributed by atoms with Gasteiger partial charge >= 0.3 is 6.18 Å². The number of ether oxygens (including phenoxy) is 1. The smallest absolute Gasteiger partial charge is 0.422 e. The first kappa shape index (κ1) is 11.8. The molecule has 0 aliphatic heterocycles. The Morgan fingerprint density at radius 3 is 2.60 bits per heavy atom. The number of rotatable bonds is 3. The van der Waals surface area contributed by atoms with Crippen LogP contribution in [0, 0.1) is 6.92 Å². The van der Waals surface area contributed by atoms with Crippen LogP contribution in [-0.2, 0) is 6.54 Å². The lowest BCUT2D eigenvalue weighted by molar-refractivity contribution is -0.154. The lowest BCUT2D eigenvalue weighted by Gasteiger charge is -2.09. The number of aryl methyl sites for hydroxylation is 1. The summed E-state index contributed by atoms with van der Waals surface area (Å²) in [6, 6.07) is 3.10. The van der Waals surface area contributed by atoms with Gasteiger partial charge in [0, 0.05) is 18.3 Å². The molecule has 0 spiro atoms. The molecule has 0 aromatic carbocycles. The molecular weight excluding hydrogens is 209 g/mol. The molecule has 0 fully saturated rings. The number of nitrogens with two attached hydrogens (primary N) is 1. The average Bonchev–Trinajstić information content (AvgIpc) is 2.13. The minimum Gasteiger partial charge on any atom is -0.468 e. The summed E-state index contributed by atoms with van der Waals surface area (Å²) >= 11 is 0. The van der Waals surface area contributed by atoms with Gasteiger partial charge in [-0.15, -0.1) is 0 Å². The van der Waals surface area contributed by atoms with Crippen LogP contribution < -0.4 is 10.5 Å². The summed E-state index contributed by atoms with van der Waals surface area (Å²) in [6.45, 7) is 0.568. The number of aromatic nitrogens is 1. The highest BCUT2D eigenvalue weighted by atomic mass is 19.4. The first-order chi connectivity index (χ1) is 6.90. The molecule has 1 aromatic heterocycles. The van der Waals surface area contributed by atoms with E-state index in [-0.39, 0.29) is 12.4 Å². The minimum atomic E-state index is -4.35. The summed E-state index contributed by atoms with van der Waals surface area (Å²) in [7, 11) is 0. The summed E-state index contributed by atoms with van der Waals surface area (Å²) in [5.74, 6) is -0.0484. The van der Waals surface area contributed by atoms with Crippen LogP contribution in [-0.4, -0.2) is 17.8 Å². The summed E-state index contributed by atoms with van der Waals surface area (Å²) in [5.41, 5.74) is 6.64. The fraction of sp³-hybridized carbons (Fsp3) is 0.444. The highest BCUT2D eigenvalue weighted by molar-refractivity contribution is 5.24. The molecule has 3 nitrogen and oxygen atoms in total. The second kappa shape index (κ2) is 4.48. The van der Waals surface area contributed by atoms with Crippen molar-refractivity contribution in [1.82, 2.24) is 4.98 Å². The van der Waals surface area contributed by atoms with Crippen LogP contribution in [0.5, 0.6) is 5.88 Å². The first-order valence-corrected chi connectivity index (χ1v) is 4.28. The molecule has 15 heavy (non-hydrogen) atoms. The van der Waals surface area contributed by atoms with E-state index in [4.69, 9.17) is 5.73 Å². The van der Waals surface area contributed by atoms with Gasteiger partial charge in [-0.05, 0) is 18.6 Å². The molecule has 0 bridgehead atoms. The Balaban J connectivity index is 2.73.